The molecule has 0 saturated heterocycles. The maximum absolute atomic E-state index is 13.3. The minimum atomic E-state index is -4.67. The number of sulfonamides is 1. The number of halogens is 4. The number of hydrogen-bond donors (Lipinski definition) is 0. The molecule has 0 N–H and O–H groups in total. The fourth-order valence-electron chi connectivity index (χ4n) is 3.19. The number of rotatable bonds is 4. The van der Waals surface area contributed by atoms with Gasteiger partial charge in [0.15, 0.2) is 0 Å². The number of benzene rings is 2. The van der Waals surface area contributed by atoms with Gasteiger partial charge in [-0.05, 0) is 50.2 Å². The Morgan fingerprint density at radius 3 is 2.57 bits per heavy atom. The van der Waals surface area contributed by atoms with E-state index in [0.717, 1.165) is 22.5 Å². The lowest BCUT2D eigenvalue weighted by atomic mass is 9.88. The largest absolute Gasteiger partial charge is 0.486 e. The van der Waals surface area contributed by atoms with Crippen LogP contribution in [0, 0.1) is 16.7 Å². The van der Waals surface area contributed by atoms with Gasteiger partial charge in [-0.2, -0.15) is 18.4 Å². The van der Waals surface area contributed by atoms with Gasteiger partial charge in [-0.1, -0.05) is 22.0 Å². The Balaban J connectivity index is 2.08. The number of nitrogens with zero attached hydrogens (tertiary/aromatic N) is 2. The third-order valence-electron chi connectivity index (χ3n) is 4.64. The summed E-state index contributed by atoms with van der Waals surface area (Å²) in [5.74, 6) is 0.277. The van der Waals surface area contributed by atoms with E-state index in [0.29, 0.717) is 10.5 Å². The second kappa shape index (κ2) is 7.78. The molecule has 0 amide bonds. The number of nitriles is 1. The van der Waals surface area contributed by atoms with Gasteiger partial charge in [0.25, 0.3) is 10.0 Å². The van der Waals surface area contributed by atoms with Crippen molar-refractivity contribution in [1.29, 1.82) is 5.26 Å². The van der Waals surface area contributed by atoms with Gasteiger partial charge in [0.05, 0.1) is 34.2 Å². The molecule has 1 heterocycles. The molecule has 1 atom stereocenters. The zero-order valence-corrected chi connectivity index (χ0v) is 18.5. The van der Waals surface area contributed by atoms with Crippen LogP contribution < -0.4 is 9.04 Å². The van der Waals surface area contributed by atoms with Gasteiger partial charge < -0.3 is 4.74 Å². The molecule has 1 unspecified atom stereocenters. The standard InChI is InChI=1S/C20H18BrF3N2O3S/c1-19(2,12-25)10-15-11-26(17-9-14(21)6-7-18(17)29-15)30(27,28)16-5-3-4-13(8-16)20(22,23)24/h3-9,15H,10-11H2,1-2H3. The van der Waals surface area contributed by atoms with Crippen molar-refractivity contribution in [2.24, 2.45) is 5.41 Å². The molecule has 1 aliphatic rings. The summed E-state index contributed by atoms with van der Waals surface area (Å²) in [4.78, 5) is -0.469. The second-order valence-electron chi connectivity index (χ2n) is 7.61. The molecular formula is C20H18BrF3N2O3S. The molecule has 0 spiro atoms. The highest BCUT2D eigenvalue weighted by Gasteiger charge is 2.38. The quantitative estimate of drug-likeness (QED) is 0.563. The SMILES string of the molecule is CC(C)(C#N)CC1CN(S(=O)(=O)c2cccc(C(F)(F)F)c2)c2cc(Br)ccc2O1. The van der Waals surface area contributed by atoms with Gasteiger partial charge in [-0.15, -0.1) is 0 Å². The molecule has 3 rings (SSSR count). The topological polar surface area (TPSA) is 70.4 Å². The summed E-state index contributed by atoms with van der Waals surface area (Å²) in [6.45, 7) is 3.28. The number of fused-ring (bicyclic) bond motifs is 1. The van der Waals surface area contributed by atoms with E-state index >= 15 is 0 Å². The maximum Gasteiger partial charge on any atom is 0.416 e. The summed E-state index contributed by atoms with van der Waals surface area (Å²) >= 11 is 3.28. The first-order valence-electron chi connectivity index (χ1n) is 8.91. The van der Waals surface area contributed by atoms with Crippen LogP contribution >= 0.6 is 15.9 Å². The zero-order chi connectivity index (χ0) is 22.3. The van der Waals surface area contributed by atoms with E-state index in [-0.39, 0.29) is 24.4 Å². The number of anilines is 1. The highest BCUT2D eigenvalue weighted by Crippen LogP contribution is 2.41. The van der Waals surface area contributed by atoms with E-state index in [1.165, 1.54) is 6.07 Å². The van der Waals surface area contributed by atoms with E-state index in [4.69, 9.17) is 4.74 Å². The van der Waals surface area contributed by atoms with Crippen LogP contribution in [0.25, 0.3) is 0 Å². The highest BCUT2D eigenvalue weighted by atomic mass is 79.9. The van der Waals surface area contributed by atoms with Gasteiger partial charge in [-0.25, -0.2) is 8.42 Å². The molecule has 0 saturated carbocycles. The lowest BCUT2D eigenvalue weighted by molar-refractivity contribution is -0.137. The van der Waals surface area contributed by atoms with Gasteiger partial charge >= 0.3 is 6.18 Å². The second-order valence-corrected chi connectivity index (χ2v) is 10.4. The number of alkyl halides is 3. The predicted molar refractivity (Wildman–Crippen MR) is 109 cm³/mol. The molecule has 1 aliphatic heterocycles. The molecule has 160 valence electrons. The van der Waals surface area contributed by atoms with Gasteiger partial charge in [0.2, 0.25) is 0 Å². The molecule has 0 fully saturated rings. The van der Waals surface area contributed by atoms with Crippen molar-refractivity contribution < 1.29 is 26.3 Å². The summed E-state index contributed by atoms with van der Waals surface area (Å²) in [7, 11) is -4.32. The van der Waals surface area contributed by atoms with Crippen LogP contribution in [0.3, 0.4) is 0 Å². The van der Waals surface area contributed by atoms with Crippen LogP contribution in [0.15, 0.2) is 51.8 Å². The summed E-state index contributed by atoms with van der Waals surface area (Å²) in [6, 6.07) is 10.6. The lowest BCUT2D eigenvalue weighted by Crippen LogP contribution is -2.45. The van der Waals surface area contributed by atoms with Crippen LogP contribution in [0.4, 0.5) is 18.9 Å². The van der Waals surface area contributed by atoms with E-state index in [1.54, 1.807) is 26.0 Å². The third-order valence-corrected chi connectivity index (χ3v) is 6.91. The third kappa shape index (κ3) is 4.57. The molecule has 0 aliphatic carbocycles. The lowest BCUT2D eigenvalue weighted by Gasteiger charge is -2.37. The first kappa shape index (κ1) is 22.4. The van der Waals surface area contributed by atoms with Gasteiger partial charge in [0.1, 0.15) is 11.9 Å². The fourth-order valence-corrected chi connectivity index (χ4v) is 5.09. The molecule has 5 nitrogen and oxygen atoms in total. The van der Waals surface area contributed by atoms with Crippen molar-refractivity contribution >= 4 is 31.6 Å². The van der Waals surface area contributed by atoms with Crippen molar-refractivity contribution in [2.75, 3.05) is 10.8 Å². The zero-order valence-electron chi connectivity index (χ0n) is 16.1. The van der Waals surface area contributed by atoms with Crippen molar-refractivity contribution in [2.45, 2.75) is 37.4 Å². The van der Waals surface area contributed by atoms with Crippen LogP contribution in [-0.4, -0.2) is 21.1 Å². The molecule has 0 aromatic heterocycles. The summed E-state index contributed by atoms with van der Waals surface area (Å²) in [5.41, 5.74) is -1.61. The monoisotopic (exact) mass is 502 g/mol. The minimum absolute atomic E-state index is 0.132. The summed E-state index contributed by atoms with van der Waals surface area (Å²) in [6.07, 6.45) is -5.07. The van der Waals surface area contributed by atoms with Gasteiger partial charge in [-0.3, -0.25) is 4.31 Å². The van der Waals surface area contributed by atoms with E-state index in [1.807, 2.05) is 0 Å². The fraction of sp³-hybridized carbons (Fsp3) is 0.350. The summed E-state index contributed by atoms with van der Waals surface area (Å²) < 4.78 is 73.6. The first-order valence-corrected chi connectivity index (χ1v) is 11.1. The first-order chi connectivity index (χ1) is 13.8. The Labute approximate surface area is 181 Å². The molecule has 0 radical (unpaired) electrons. The van der Waals surface area contributed by atoms with Crippen LogP contribution in [-0.2, 0) is 16.2 Å². The normalized spacial score (nSPS) is 17.1. The Hall–Kier alpha value is -2.25. The van der Waals surface area contributed by atoms with Gasteiger partial charge in [0, 0.05) is 10.9 Å². The molecule has 0 bridgehead atoms. The average molecular weight is 503 g/mol. The van der Waals surface area contributed by atoms with E-state index < -0.39 is 38.2 Å². The van der Waals surface area contributed by atoms with Crippen LogP contribution in [0.2, 0.25) is 0 Å². The smallest absolute Gasteiger partial charge is 0.416 e. The predicted octanol–water partition coefficient (Wildman–Crippen LogP) is 5.36. The average Bonchev–Trinajstić information content (AvgIpc) is 2.67. The molecule has 2 aromatic carbocycles. The molecule has 30 heavy (non-hydrogen) atoms. The van der Waals surface area contributed by atoms with E-state index in [2.05, 4.69) is 22.0 Å². The maximum atomic E-state index is 13.3. The van der Waals surface area contributed by atoms with Crippen molar-refractivity contribution in [3.63, 3.8) is 0 Å². The van der Waals surface area contributed by atoms with Crippen LogP contribution in [0.5, 0.6) is 5.75 Å². The van der Waals surface area contributed by atoms with Crippen molar-refractivity contribution in [1.82, 2.24) is 0 Å². The van der Waals surface area contributed by atoms with Crippen LogP contribution in [0.1, 0.15) is 25.8 Å². The minimum Gasteiger partial charge on any atom is -0.486 e. The van der Waals surface area contributed by atoms with Crippen molar-refractivity contribution in [3.05, 3.63) is 52.5 Å². The molecule has 10 heteroatoms. The summed E-state index contributed by atoms with van der Waals surface area (Å²) in [5, 5.41) is 9.32. The Kier molecular flexibility index (Phi) is 5.82. The van der Waals surface area contributed by atoms with Crippen molar-refractivity contribution in [3.8, 4) is 11.8 Å². The molecule has 2 aromatic rings. The Bertz CT molecular complexity index is 1110. The number of hydrogen-bond acceptors (Lipinski definition) is 4. The highest BCUT2D eigenvalue weighted by molar-refractivity contribution is 9.10. The number of ether oxygens (including phenoxy) is 1. The Morgan fingerprint density at radius 2 is 1.93 bits per heavy atom. The van der Waals surface area contributed by atoms with E-state index in [9.17, 15) is 26.9 Å². The molecular weight excluding hydrogens is 485 g/mol. The Morgan fingerprint density at radius 1 is 1.23 bits per heavy atom.